The van der Waals surface area contributed by atoms with Crippen molar-refractivity contribution in [2.75, 3.05) is 0 Å². The van der Waals surface area contributed by atoms with Gasteiger partial charge in [0.15, 0.2) is 11.3 Å². The number of hydrogen-bond donors (Lipinski definition) is 1. The zero-order valence-electron chi connectivity index (χ0n) is 7.11. The summed E-state index contributed by atoms with van der Waals surface area (Å²) >= 11 is 1.61. The van der Waals surface area contributed by atoms with E-state index in [-0.39, 0.29) is 6.17 Å². The number of nitrogens with two attached hydrogens (primary N) is 1. The second-order valence-electron chi connectivity index (χ2n) is 3.08. The van der Waals surface area contributed by atoms with Crippen LogP contribution in [-0.4, -0.2) is 22.3 Å². The molecule has 0 aromatic carbocycles. The summed E-state index contributed by atoms with van der Waals surface area (Å²) in [7, 11) is 0. The maximum absolute atomic E-state index is 5.62. The van der Waals surface area contributed by atoms with Crippen LogP contribution in [0.2, 0.25) is 0 Å². The fraction of sp³-hybridized carbons (Fsp3) is 0.500. The number of allylic oxidation sites excluding steroid dienone is 1. The van der Waals surface area contributed by atoms with Crippen molar-refractivity contribution >= 4 is 22.6 Å². The maximum atomic E-state index is 5.62. The second-order valence-corrected chi connectivity index (χ2v) is 4.24. The van der Waals surface area contributed by atoms with Crippen LogP contribution >= 0.6 is 11.8 Å². The number of hydrogen-bond acceptors (Lipinski definition) is 4. The minimum absolute atomic E-state index is 0.0417. The van der Waals surface area contributed by atoms with E-state index in [4.69, 9.17) is 5.73 Å². The zero-order chi connectivity index (χ0) is 8.72. The van der Waals surface area contributed by atoms with Crippen molar-refractivity contribution in [2.45, 2.75) is 25.3 Å². The first kappa shape index (κ1) is 7.86. The molecule has 0 bridgehead atoms. The van der Waals surface area contributed by atoms with Crippen LogP contribution in [0.1, 0.15) is 13.8 Å². The summed E-state index contributed by atoms with van der Waals surface area (Å²) in [6.45, 7) is 4.10. The summed E-state index contributed by atoms with van der Waals surface area (Å²) in [4.78, 5) is 8.64. The van der Waals surface area contributed by atoms with E-state index in [9.17, 15) is 0 Å². The van der Waals surface area contributed by atoms with E-state index in [1.165, 1.54) is 5.57 Å². The van der Waals surface area contributed by atoms with E-state index < -0.39 is 0 Å². The van der Waals surface area contributed by atoms with Gasteiger partial charge in [-0.1, -0.05) is 17.3 Å². The third-order valence-electron chi connectivity index (χ3n) is 2.00. The molecule has 64 valence electrons. The lowest BCUT2D eigenvalue weighted by atomic mass is 10.1. The normalized spacial score (nSPS) is 33.7. The average molecular weight is 181 g/mol. The van der Waals surface area contributed by atoms with E-state index in [0.29, 0.717) is 10.4 Å². The Bertz CT molecular complexity index is 303. The lowest BCUT2D eigenvalue weighted by Gasteiger charge is -2.18. The molecular formula is C8H11N3S. The molecule has 2 aliphatic rings. The van der Waals surface area contributed by atoms with E-state index in [1.807, 2.05) is 6.92 Å². The first-order chi connectivity index (χ1) is 5.66. The molecule has 2 N–H and O–H groups in total. The summed E-state index contributed by atoms with van der Waals surface area (Å²) in [5.41, 5.74) is 7.99. The van der Waals surface area contributed by atoms with Crippen molar-refractivity contribution in [3.63, 3.8) is 0 Å². The number of nitrogens with zero attached hydrogens (tertiary/aromatic N) is 2. The van der Waals surface area contributed by atoms with Crippen LogP contribution in [0.25, 0.3) is 0 Å². The van der Waals surface area contributed by atoms with Gasteiger partial charge in [0, 0.05) is 5.71 Å². The predicted octanol–water partition coefficient (Wildman–Crippen LogP) is 1.16. The Morgan fingerprint density at radius 2 is 2.17 bits per heavy atom. The van der Waals surface area contributed by atoms with E-state index in [0.717, 1.165) is 5.71 Å². The van der Waals surface area contributed by atoms with Crippen LogP contribution in [0, 0.1) is 0 Å². The van der Waals surface area contributed by atoms with E-state index in [1.54, 1.807) is 11.8 Å². The number of thioether (sulfide) groups is 1. The predicted molar refractivity (Wildman–Crippen MR) is 53.7 cm³/mol. The third kappa shape index (κ3) is 1.16. The topological polar surface area (TPSA) is 50.7 Å². The van der Waals surface area contributed by atoms with Crippen LogP contribution < -0.4 is 5.73 Å². The molecule has 0 radical (unpaired) electrons. The lowest BCUT2D eigenvalue weighted by Crippen LogP contribution is -2.22. The fourth-order valence-corrected chi connectivity index (χ4v) is 2.43. The molecular weight excluding hydrogens is 170 g/mol. The van der Waals surface area contributed by atoms with Gasteiger partial charge in [0.1, 0.15) is 0 Å². The molecule has 0 saturated heterocycles. The lowest BCUT2D eigenvalue weighted by molar-refractivity contribution is 0.722. The molecule has 2 atom stereocenters. The second kappa shape index (κ2) is 2.62. The Hall–Kier alpha value is -0.770. The summed E-state index contributed by atoms with van der Waals surface area (Å²) in [5.74, 6) is 0. The van der Waals surface area contributed by atoms with E-state index in [2.05, 4.69) is 23.0 Å². The van der Waals surface area contributed by atoms with Gasteiger partial charge < -0.3 is 5.73 Å². The van der Waals surface area contributed by atoms with Gasteiger partial charge in [-0.2, -0.15) is 0 Å². The third-order valence-corrected chi connectivity index (χ3v) is 3.22. The van der Waals surface area contributed by atoms with Crippen molar-refractivity contribution in [3.05, 3.63) is 11.6 Å². The van der Waals surface area contributed by atoms with Gasteiger partial charge in [0.2, 0.25) is 0 Å². The van der Waals surface area contributed by atoms with Gasteiger partial charge in [-0.3, -0.25) is 4.99 Å². The number of dihydropyridines is 1. The molecule has 0 amide bonds. The quantitative estimate of drug-likeness (QED) is 0.609. The van der Waals surface area contributed by atoms with Gasteiger partial charge >= 0.3 is 0 Å². The van der Waals surface area contributed by atoms with Crippen LogP contribution in [0.15, 0.2) is 21.6 Å². The molecule has 0 aromatic heterocycles. The molecule has 0 aliphatic carbocycles. The summed E-state index contributed by atoms with van der Waals surface area (Å²) in [5, 5.41) is 1.02. The van der Waals surface area contributed by atoms with E-state index >= 15 is 0 Å². The number of rotatable bonds is 0. The standard InChI is InChI=1S/C8H11N3S/c1-4-3-5(2)10-7-6(4)12-8(9)11-7/h3,6-7H,1-2H3,(H2,9,11)/t6-,7+/m0/s1. The highest BCUT2D eigenvalue weighted by molar-refractivity contribution is 8.14. The van der Waals surface area contributed by atoms with Crippen molar-refractivity contribution in [3.8, 4) is 0 Å². The Balaban J connectivity index is 2.33. The smallest absolute Gasteiger partial charge is 0.158 e. The van der Waals surface area contributed by atoms with Crippen molar-refractivity contribution in [1.82, 2.24) is 0 Å². The average Bonchev–Trinajstić information content (AvgIpc) is 2.29. The van der Waals surface area contributed by atoms with Gasteiger partial charge in [0.05, 0.1) is 5.25 Å². The molecule has 0 aromatic rings. The van der Waals surface area contributed by atoms with Crippen LogP contribution in [-0.2, 0) is 0 Å². The minimum Gasteiger partial charge on any atom is -0.378 e. The van der Waals surface area contributed by atoms with Gasteiger partial charge in [-0.25, -0.2) is 4.99 Å². The van der Waals surface area contributed by atoms with Gasteiger partial charge in [0.25, 0.3) is 0 Å². The van der Waals surface area contributed by atoms with Gasteiger partial charge in [-0.05, 0) is 19.9 Å². The Morgan fingerprint density at radius 1 is 1.42 bits per heavy atom. The van der Waals surface area contributed by atoms with Crippen LogP contribution in [0.4, 0.5) is 0 Å². The first-order valence-electron chi connectivity index (χ1n) is 3.89. The molecule has 4 heteroatoms. The zero-order valence-corrected chi connectivity index (χ0v) is 7.93. The highest BCUT2D eigenvalue weighted by atomic mass is 32.2. The molecule has 0 unspecified atom stereocenters. The molecule has 12 heavy (non-hydrogen) atoms. The largest absolute Gasteiger partial charge is 0.378 e. The maximum Gasteiger partial charge on any atom is 0.158 e. The van der Waals surface area contributed by atoms with Crippen molar-refractivity contribution in [1.29, 1.82) is 0 Å². The molecule has 2 aliphatic heterocycles. The summed E-state index contributed by atoms with van der Waals surface area (Å²) in [6, 6.07) is 0. The molecule has 3 nitrogen and oxygen atoms in total. The molecule has 0 saturated carbocycles. The van der Waals surface area contributed by atoms with Crippen LogP contribution in [0.3, 0.4) is 0 Å². The highest BCUT2D eigenvalue weighted by Gasteiger charge is 2.31. The highest BCUT2D eigenvalue weighted by Crippen LogP contribution is 2.33. The number of fused-ring (bicyclic) bond motifs is 1. The Kier molecular flexibility index (Phi) is 1.72. The van der Waals surface area contributed by atoms with Crippen molar-refractivity contribution in [2.24, 2.45) is 15.7 Å². The molecule has 0 fully saturated rings. The van der Waals surface area contributed by atoms with Crippen LogP contribution in [0.5, 0.6) is 0 Å². The van der Waals surface area contributed by atoms with Gasteiger partial charge in [-0.15, -0.1) is 0 Å². The summed E-state index contributed by atoms with van der Waals surface area (Å²) in [6.07, 6.45) is 2.14. The monoisotopic (exact) mass is 181 g/mol. The van der Waals surface area contributed by atoms with Crippen molar-refractivity contribution < 1.29 is 0 Å². The number of amidine groups is 1. The number of aliphatic imine (C=N–C) groups is 2. The molecule has 2 rings (SSSR count). The SMILES string of the molecule is CC1=CC(C)=N[C@@H]2N=C(N)S[C@@H]12. The fourth-order valence-electron chi connectivity index (χ4n) is 1.50. The molecule has 0 spiro atoms. The Morgan fingerprint density at radius 3 is 2.92 bits per heavy atom. The first-order valence-corrected chi connectivity index (χ1v) is 4.77. The minimum atomic E-state index is 0.0417. The Labute approximate surface area is 75.8 Å². The summed E-state index contributed by atoms with van der Waals surface area (Å²) < 4.78 is 0. The molecule has 2 heterocycles.